The van der Waals surface area contributed by atoms with Crippen LogP contribution in [-0.4, -0.2) is 7.05 Å². The maximum absolute atomic E-state index is 3.52. The van der Waals surface area contributed by atoms with Gasteiger partial charge in [0.25, 0.3) is 0 Å². The van der Waals surface area contributed by atoms with Crippen LogP contribution in [0.1, 0.15) is 56.2 Å². The molecule has 1 aromatic carbocycles. The van der Waals surface area contributed by atoms with Crippen LogP contribution in [0.15, 0.2) is 24.3 Å². The zero-order valence-corrected chi connectivity index (χ0v) is 11.2. The van der Waals surface area contributed by atoms with E-state index in [0.29, 0.717) is 6.04 Å². The van der Waals surface area contributed by atoms with Crippen LogP contribution in [-0.2, 0) is 6.42 Å². The second kappa shape index (κ2) is 6.20. The van der Waals surface area contributed by atoms with Crippen molar-refractivity contribution in [1.29, 1.82) is 0 Å². The Morgan fingerprint density at radius 3 is 2.59 bits per heavy atom. The number of hydrogen-bond acceptors (Lipinski definition) is 1. The summed E-state index contributed by atoms with van der Waals surface area (Å²) in [7, 11) is 2.10. The molecule has 1 aromatic rings. The number of benzene rings is 1. The molecule has 0 aliphatic heterocycles. The van der Waals surface area contributed by atoms with Crippen molar-refractivity contribution in [2.24, 2.45) is 5.92 Å². The van der Waals surface area contributed by atoms with Crippen molar-refractivity contribution >= 4 is 0 Å². The van der Waals surface area contributed by atoms with E-state index in [1.165, 1.54) is 43.2 Å². The van der Waals surface area contributed by atoms with E-state index in [-0.39, 0.29) is 0 Å². The first kappa shape index (κ1) is 12.6. The van der Waals surface area contributed by atoms with E-state index >= 15 is 0 Å². The topological polar surface area (TPSA) is 12.0 Å². The highest BCUT2D eigenvalue weighted by molar-refractivity contribution is 5.30. The minimum atomic E-state index is 0.550. The molecule has 1 unspecified atom stereocenters. The maximum Gasteiger partial charge on any atom is 0.0322 e. The van der Waals surface area contributed by atoms with E-state index in [9.17, 15) is 0 Å². The van der Waals surface area contributed by atoms with Gasteiger partial charge >= 0.3 is 0 Å². The third-order valence-electron chi connectivity index (χ3n) is 4.20. The van der Waals surface area contributed by atoms with Gasteiger partial charge in [-0.05, 0) is 36.9 Å². The maximum atomic E-state index is 3.52. The highest BCUT2D eigenvalue weighted by Crippen LogP contribution is 2.33. The molecule has 1 atom stereocenters. The molecule has 0 radical (unpaired) electrons. The summed E-state index contributed by atoms with van der Waals surface area (Å²) in [6.07, 6.45) is 8.21. The van der Waals surface area contributed by atoms with E-state index in [4.69, 9.17) is 0 Å². The molecule has 0 spiro atoms. The lowest BCUT2D eigenvalue weighted by Gasteiger charge is -2.22. The summed E-state index contributed by atoms with van der Waals surface area (Å²) in [6.45, 7) is 2.25. The Hall–Kier alpha value is -0.820. The number of nitrogens with one attached hydrogen (secondary N) is 1. The molecule has 17 heavy (non-hydrogen) atoms. The molecule has 1 nitrogen and oxygen atoms in total. The zero-order chi connectivity index (χ0) is 12.1. The first-order chi connectivity index (χ1) is 8.35. The molecule has 1 N–H and O–H groups in total. The smallest absolute Gasteiger partial charge is 0.0322 e. The van der Waals surface area contributed by atoms with Crippen LogP contribution >= 0.6 is 0 Å². The first-order valence-electron chi connectivity index (χ1n) is 7.10. The SMILES string of the molecule is CCc1ccccc1C(CC1CCCC1)NC. The van der Waals surface area contributed by atoms with Crippen molar-refractivity contribution in [3.8, 4) is 0 Å². The standard InChI is InChI=1S/C16H25N/c1-3-14-10-6-7-11-15(14)16(17-2)12-13-8-4-5-9-13/h6-7,10-11,13,16-17H,3-5,8-9,12H2,1-2H3. The highest BCUT2D eigenvalue weighted by Gasteiger charge is 2.21. The van der Waals surface area contributed by atoms with Gasteiger partial charge in [-0.25, -0.2) is 0 Å². The van der Waals surface area contributed by atoms with Crippen molar-refractivity contribution in [3.63, 3.8) is 0 Å². The van der Waals surface area contributed by atoms with E-state index in [0.717, 1.165) is 12.3 Å². The summed E-state index contributed by atoms with van der Waals surface area (Å²) in [4.78, 5) is 0. The van der Waals surface area contributed by atoms with Gasteiger partial charge in [0.2, 0.25) is 0 Å². The molecule has 1 saturated carbocycles. The van der Waals surface area contributed by atoms with Crippen molar-refractivity contribution < 1.29 is 0 Å². The lowest BCUT2D eigenvalue weighted by atomic mass is 9.90. The Labute approximate surface area is 106 Å². The van der Waals surface area contributed by atoms with Gasteiger partial charge in [0.1, 0.15) is 0 Å². The molecule has 2 rings (SSSR count). The summed E-state index contributed by atoms with van der Waals surface area (Å²) in [5.41, 5.74) is 3.02. The number of rotatable bonds is 5. The first-order valence-corrected chi connectivity index (χ1v) is 7.10. The van der Waals surface area contributed by atoms with E-state index < -0.39 is 0 Å². The van der Waals surface area contributed by atoms with Gasteiger partial charge in [-0.1, -0.05) is 56.9 Å². The van der Waals surface area contributed by atoms with Crippen LogP contribution in [0.2, 0.25) is 0 Å². The van der Waals surface area contributed by atoms with Crippen molar-refractivity contribution in [3.05, 3.63) is 35.4 Å². The van der Waals surface area contributed by atoms with Crippen LogP contribution in [0.5, 0.6) is 0 Å². The van der Waals surface area contributed by atoms with Gasteiger partial charge in [0.05, 0.1) is 0 Å². The molecule has 0 saturated heterocycles. The van der Waals surface area contributed by atoms with E-state index in [1.54, 1.807) is 0 Å². The lowest BCUT2D eigenvalue weighted by Crippen LogP contribution is -2.20. The van der Waals surface area contributed by atoms with Crippen LogP contribution in [0.3, 0.4) is 0 Å². The third kappa shape index (κ3) is 3.10. The van der Waals surface area contributed by atoms with Crippen molar-refractivity contribution in [2.75, 3.05) is 7.05 Å². The zero-order valence-electron chi connectivity index (χ0n) is 11.2. The molecule has 1 aliphatic carbocycles. The Bertz CT molecular complexity index is 339. The van der Waals surface area contributed by atoms with Crippen molar-refractivity contribution in [1.82, 2.24) is 5.32 Å². The highest BCUT2D eigenvalue weighted by atomic mass is 14.9. The van der Waals surface area contributed by atoms with E-state index in [1.807, 2.05) is 0 Å². The summed E-state index contributed by atoms with van der Waals surface area (Å²) in [5, 5.41) is 3.52. The van der Waals surface area contributed by atoms with Gasteiger partial charge in [-0.2, -0.15) is 0 Å². The molecule has 0 amide bonds. The average molecular weight is 231 g/mol. The van der Waals surface area contributed by atoms with Crippen LogP contribution < -0.4 is 5.32 Å². The summed E-state index contributed by atoms with van der Waals surface area (Å²) >= 11 is 0. The summed E-state index contributed by atoms with van der Waals surface area (Å²) < 4.78 is 0. The Kier molecular flexibility index (Phi) is 4.61. The fourth-order valence-corrected chi connectivity index (χ4v) is 3.18. The third-order valence-corrected chi connectivity index (χ3v) is 4.20. The van der Waals surface area contributed by atoms with Gasteiger partial charge in [-0.3, -0.25) is 0 Å². The lowest BCUT2D eigenvalue weighted by molar-refractivity contribution is 0.412. The Morgan fingerprint density at radius 2 is 1.94 bits per heavy atom. The molecule has 0 heterocycles. The van der Waals surface area contributed by atoms with Crippen LogP contribution in [0.4, 0.5) is 0 Å². The van der Waals surface area contributed by atoms with Gasteiger partial charge in [0, 0.05) is 6.04 Å². The normalized spacial score (nSPS) is 18.5. The largest absolute Gasteiger partial charge is 0.313 e. The molecular weight excluding hydrogens is 206 g/mol. The van der Waals surface area contributed by atoms with Crippen LogP contribution in [0.25, 0.3) is 0 Å². The van der Waals surface area contributed by atoms with Crippen molar-refractivity contribution in [2.45, 2.75) is 51.5 Å². The Morgan fingerprint density at radius 1 is 1.24 bits per heavy atom. The van der Waals surface area contributed by atoms with Gasteiger partial charge in [-0.15, -0.1) is 0 Å². The number of hydrogen-bond donors (Lipinski definition) is 1. The van der Waals surface area contributed by atoms with Crippen LogP contribution in [0, 0.1) is 5.92 Å². The Balaban J connectivity index is 2.10. The van der Waals surface area contributed by atoms with E-state index in [2.05, 4.69) is 43.6 Å². The predicted octanol–water partition coefficient (Wildman–Crippen LogP) is 4.09. The van der Waals surface area contributed by atoms with Gasteiger partial charge in [0.15, 0.2) is 0 Å². The quantitative estimate of drug-likeness (QED) is 0.805. The average Bonchev–Trinajstić information content (AvgIpc) is 2.89. The summed E-state index contributed by atoms with van der Waals surface area (Å²) in [6, 6.07) is 9.45. The second-order valence-electron chi connectivity index (χ2n) is 5.28. The molecule has 94 valence electrons. The molecule has 1 heteroatoms. The molecule has 0 bridgehead atoms. The molecule has 0 aromatic heterocycles. The molecular formula is C16H25N. The predicted molar refractivity (Wildman–Crippen MR) is 74.2 cm³/mol. The minimum absolute atomic E-state index is 0.550. The fraction of sp³-hybridized carbons (Fsp3) is 0.625. The number of aryl methyl sites for hydroxylation is 1. The summed E-state index contributed by atoms with van der Waals surface area (Å²) in [5.74, 6) is 0.942. The van der Waals surface area contributed by atoms with Gasteiger partial charge < -0.3 is 5.32 Å². The monoisotopic (exact) mass is 231 g/mol. The fourth-order valence-electron chi connectivity index (χ4n) is 3.18. The second-order valence-corrected chi connectivity index (χ2v) is 5.28. The molecule has 1 aliphatic rings. The molecule has 1 fully saturated rings. The minimum Gasteiger partial charge on any atom is -0.313 e.